The number of rotatable bonds is 7. The lowest BCUT2D eigenvalue weighted by Gasteiger charge is -2.11. The monoisotopic (exact) mass is 446 g/mol. The molecule has 9 heteroatoms. The standard InChI is InChI=1S/C22H18N6OS2/c1-29-12-11-28-20(15-6-9-23-10-7-15)26-27-22(28)31-21-17-4-2-3-5-18(17)24-19(25-21)16-8-13-30-14-16/h2-10,13-14H,11-12H2,1H3. The van der Waals surface area contributed by atoms with E-state index in [2.05, 4.69) is 25.1 Å². The van der Waals surface area contributed by atoms with Crippen LogP contribution < -0.4 is 0 Å². The fourth-order valence-electron chi connectivity index (χ4n) is 3.20. The van der Waals surface area contributed by atoms with E-state index in [1.54, 1.807) is 30.8 Å². The summed E-state index contributed by atoms with van der Waals surface area (Å²) in [5.74, 6) is 1.48. The zero-order valence-electron chi connectivity index (χ0n) is 16.7. The predicted molar refractivity (Wildman–Crippen MR) is 122 cm³/mol. The molecule has 1 aromatic carbocycles. The Labute approximate surface area is 187 Å². The second-order valence-corrected chi connectivity index (χ2v) is 8.41. The van der Waals surface area contributed by atoms with Crippen LogP contribution in [0.3, 0.4) is 0 Å². The highest BCUT2D eigenvalue weighted by Gasteiger charge is 2.18. The summed E-state index contributed by atoms with van der Waals surface area (Å²) in [6, 6.07) is 13.9. The lowest BCUT2D eigenvalue weighted by atomic mass is 10.2. The largest absolute Gasteiger partial charge is 0.383 e. The number of hydrogen-bond donors (Lipinski definition) is 0. The van der Waals surface area contributed by atoms with Crippen molar-refractivity contribution in [1.29, 1.82) is 0 Å². The van der Waals surface area contributed by atoms with Crippen molar-refractivity contribution in [3.63, 3.8) is 0 Å². The summed E-state index contributed by atoms with van der Waals surface area (Å²) in [6.07, 6.45) is 3.51. The number of pyridine rings is 1. The lowest BCUT2D eigenvalue weighted by molar-refractivity contribution is 0.185. The minimum absolute atomic E-state index is 0.550. The summed E-state index contributed by atoms with van der Waals surface area (Å²) < 4.78 is 7.39. The highest BCUT2D eigenvalue weighted by molar-refractivity contribution is 7.99. The number of ether oxygens (including phenoxy) is 1. The molecule has 0 radical (unpaired) electrons. The number of thiophene rings is 1. The molecule has 0 aliphatic heterocycles. The van der Waals surface area contributed by atoms with Crippen molar-refractivity contribution in [3.8, 4) is 22.8 Å². The van der Waals surface area contributed by atoms with Crippen molar-refractivity contribution in [2.24, 2.45) is 0 Å². The molecule has 0 fully saturated rings. The first-order chi connectivity index (χ1) is 15.3. The molecule has 0 unspecified atom stereocenters. The van der Waals surface area contributed by atoms with Crippen molar-refractivity contribution >= 4 is 34.0 Å². The van der Waals surface area contributed by atoms with Gasteiger partial charge >= 0.3 is 0 Å². The van der Waals surface area contributed by atoms with Crippen LogP contribution in [0.25, 0.3) is 33.7 Å². The SMILES string of the molecule is COCCn1c(Sc2nc(-c3ccsc3)nc3ccccc23)nnc1-c1ccncc1. The maximum atomic E-state index is 5.33. The molecule has 154 valence electrons. The van der Waals surface area contributed by atoms with Gasteiger partial charge in [0.2, 0.25) is 0 Å². The minimum Gasteiger partial charge on any atom is -0.383 e. The Morgan fingerprint density at radius 1 is 1.00 bits per heavy atom. The van der Waals surface area contributed by atoms with E-state index in [1.807, 2.05) is 47.8 Å². The molecule has 0 bridgehead atoms. The first-order valence-corrected chi connectivity index (χ1v) is 11.4. The van der Waals surface area contributed by atoms with Crippen molar-refractivity contribution in [1.82, 2.24) is 29.7 Å². The average molecular weight is 447 g/mol. The van der Waals surface area contributed by atoms with Crippen LogP contribution in [0.1, 0.15) is 0 Å². The number of methoxy groups -OCH3 is 1. The molecule has 5 rings (SSSR count). The molecule has 0 saturated carbocycles. The van der Waals surface area contributed by atoms with E-state index in [0.29, 0.717) is 19.0 Å². The Morgan fingerprint density at radius 3 is 2.68 bits per heavy atom. The molecular formula is C22H18N6OS2. The quantitative estimate of drug-likeness (QED) is 0.332. The van der Waals surface area contributed by atoms with Crippen LogP contribution in [0.15, 0.2) is 75.8 Å². The van der Waals surface area contributed by atoms with Gasteiger partial charge in [-0.3, -0.25) is 9.55 Å². The van der Waals surface area contributed by atoms with Crippen molar-refractivity contribution < 1.29 is 4.74 Å². The van der Waals surface area contributed by atoms with Gasteiger partial charge in [0.15, 0.2) is 16.8 Å². The fourth-order valence-corrected chi connectivity index (χ4v) is 4.79. The van der Waals surface area contributed by atoms with E-state index in [9.17, 15) is 0 Å². The van der Waals surface area contributed by atoms with Gasteiger partial charge < -0.3 is 4.74 Å². The van der Waals surface area contributed by atoms with E-state index >= 15 is 0 Å². The normalized spacial score (nSPS) is 11.3. The van der Waals surface area contributed by atoms with Gasteiger partial charge in [-0.1, -0.05) is 18.2 Å². The summed E-state index contributed by atoms with van der Waals surface area (Å²) in [5.41, 5.74) is 2.87. The summed E-state index contributed by atoms with van der Waals surface area (Å²) in [6.45, 7) is 1.18. The second kappa shape index (κ2) is 8.93. The van der Waals surface area contributed by atoms with Gasteiger partial charge in [0.05, 0.1) is 18.7 Å². The highest BCUT2D eigenvalue weighted by atomic mass is 32.2. The Kier molecular flexibility index (Phi) is 5.70. The third kappa shape index (κ3) is 4.07. The molecule has 4 heterocycles. The Morgan fingerprint density at radius 2 is 1.87 bits per heavy atom. The van der Waals surface area contributed by atoms with Crippen molar-refractivity contribution in [2.75, 3.05) is 13.7 Å². The summed E-state index contributed by atoms with van der Waals surface area (Å²) in [4.78, 5) is 13.7. The molecule has 0 N–H and O–H groups in total. The van der Waals surface area contributed by atoms with Crippen LogP contribution in [-0.2, 0) is 11.3 Å². The maximum absolute atomic E-state index is 5.33. The van der Waals surface area contributed by atoms with Crippen LogP contribution >= 0.6 is 23.1 Å². The third-order valence-corrected chi connectivity index (χ3v) is 6.38. The van der Waals surface area contributed by atoms with Crippen molar-refractivity contribution in [2.45, 2.75) is 16.7 Å². The number of para-hydroxylation sites is 1. The molecule has 7 nitrogen and oxygen atoms in total. The maximum Gasteiger partial charge on any atom is 0.197 e. The van der Waals surface area contributed by atoms with E-state index in [4.69, 9.17) is 14.7 Å². The van der Waals surface area contributed by atoms with E-state index in [0.717, 1.165) is 38.0 Å². The molecule has 0 spiro atoms. The molecule has 0 atom stereocenters. The van der Waals surface area contributed by atoms with Gasteiger partial charge in [0.1, 0.15) is 5.03 Å². The lowest BCUT2D eigenvalue weighted by Crippen LogP contribution is -2.07. The van der Waals surface area contributed by atoms with Gasteiger partial charge in [-0.2, -0.15) is 11.3 Å². The first-order valence-electron chi connectivity index (χ1n) is 9.63. The van der Waals surface area contributed by atoms with Crippen molar-refractivity contribution in [3.05, 3.63) is 65.6 Å². The second-order valence-electron chi connectivity index (χ2n) is 6.67. The Balaban J connectivity index is 1.60. The number of benzene rings is 1. The predicted octanol–water partition coefficient (Wildman–Crippen LogP) is 4.81. The topological polar surface area (TPSA) is 78.6 Å². The van der Waals surface area contributed by atoms with Crippen LogP contribution in [0, 0.1) is 0 Å². The molecule has 5 aromatic rings. The molecule has 4 aromatic heterocycles. The van der Waals surface area contributed by atoms with Gasteiger partial charge in [0.25, 0.3) is 0 Å². The number of nitrogens with zero attached hydrogens (tertiary/aromatic N) is 6. The molecule has 0 aliphatic carbocycles. The molecule has 0 amide bonds. The van der Waals surface area contributed by atoms with E-state index < -0.39 is 0 Å². The highest BCUT2D eigenvalue weighted by Crippen LogP contribution is 2.34. The van der Waals surface area contributed by atoms with Gasteiger partial charge in [-0.05, 0) is 41.4 Å². The summed E-state index contributed by atoms with van der Waals surface area (Å²) in [5, 5.41) is 15.6. The number of hydrogen-bond acceptors (Lipinski definition) is 8. The van der Waals surface area contributed by atoms with Crippen LogP contribution in [0.2, 0.25) is 0 Å². The smallest absolute Gasteiger partial charge is 0.197 e. The first kappa shape index (κ1) is 19.8. The van der Waals surface area contributed by atoms with E-state index in [-0.39, 0.29) is 0 Å². The Bertz CT molecular complexity index is 1300. The third-order valence-electron chi connectivity index (χ3n) is 4.71. The summed E-state index contributed by atoms with van der Waals surface area (Å²) in [7, 11) is 1.69. The van der Waals surface area contributed by atoms with Crippen LogP contribution in [0.4, 0.5) is 0 Å². The minimum atomic E-state index is 0.550. The van der Waals surface area contributed by atoms with E-state index in [1.165, 1.54) is 11.8 Å². The zero-order valence-corrected chi connectivity index (χ0v) is 18.3. The van der Waals surface area contributed by atoms with Gasteiger partial charge in [-0.25, -0.2) is 9.97 Å². The fraction of sp³-hybridized carbons (Fsp3) is 0.136. The number of fused-ring (bicyclic) bond motifs is 1. The average Bonchev–Trinajstić information content (AvgIpc) is 3.49. The molecular weight excluding hydrogens is 428 g/mol. The molecule has 0 aliphatic rings. The number of aromatic nitrogens is 6. The van der Waals surface area contributed by atoms with Gasteiger partial charge in [0, 0.05) is 41.4 Å². The summed E-state index contributed by atoms with van der Waals surface area (Å²) >= 11 is 3.12. The zero-order chi connectivity index (χ0) is 21.0. The van der Waals surface area contributed by atoms with Crippen LogP contribution in [-0.4, -0.2) is 43.4 Å². The Hall–Kier alpha value is -3.14. The molecule has 0 saturated heterocycles. The van der Waals surface area contributed by atoms with Crippen LogP contribution in [0.5, 0.6) is 0 Å². The molecule has 31 heavy (non-hydrogen) atoms. The van der Waals surface area contributed by atoms with Gasteiger partial charge in [-0.15, -0.1) is 10.2 Å².